The molecule has 0 saturated heterocycles. The highest BCUT2D eigenvalue weighted by Crippen LogP contribution is 2.21. The van der Waals surface area contributed by atoms with Crippen molar-refractivity contribution < 1.29 is 14.3 Å². The second-order valence-corrected chi connectivity index (χ2v) is 5.16. The zero-order chi connectivity index (χ0) is 16.1. The van der Waals surface area contributed by atoms with E-state index in [4.69, 9.17) is 5.73 Å². The van der Waals surface area contributed by atoms with Crippen molar-refractivity contribution >= 4 is 24.2 Å². The van der Waals surface area contributed by atoms with Crippen LogP contribution in [-0.4, -0.2) is 24.9 Å². The molecule has 2 aromatic carbocycles. The minimum Gasteiger partial charge on any atom is -0.468 e. The smallest absolute Gasteiger partial charge is 0.322 e. The highest BCUT2D eigenvalue weighted by Gasteiger charge is 2.14. The zero-order valence-corrected chi connectivity index (χ0v) is 13.9. The number of carbonyl (C=O) groups is 2. The topological polar surface area (TPSA) is 69.4 Å². The fourth-order valence-electron chi connectivity index (χ4n) is 2.22. The molecule has 0 aliphatic heterocycles. The Hall–Kier alpha value is -2.17. The third kappa shape index (κ3) is 4.91. The molecule has 0 fully saturated rings. The Balaban J connectivity index is 0.00000264. The van der Waals surface area contributed by atoms with Crippen LogP contribution in [0.25, 0.3) is 11.1 Å². The predicted molar refractivity (Wildman–Crippen MR) is 92.8 cm³/mol. The number of benzene rings is 2. The van der Waals surface area contributed by atoms with Crippen molar-refractivity contribution in [2.45, 2.75) is 19.4 Å². The molecule has 0 spiro atoms. The third-order valence-corrected chi connectivity index (χ3v) is 3.54. The summed E-state index contributed by atoms with van der Waals surface area (Å²) >= 11 is 0. The highest BCUT2D eigenvalue weighted by molar-refractivity contribution is 5.94. The van der Waals surface area contributed by atoms with E-state index < -0.39 is 12.0 Å². The zero-order valence-electron chi connectivity index (χ0n) is 13.1. The molecule has 0 bridgehead atoms. The van der Waals surface area contributed by atoms with Gasteiger partial charge in [-0.25, -0.2) is 0 Å². The molecule has 0 heterocycles. The summed E-state index contributed by atoms with van der Waals surface area (Å²) in [5.74, 6) is -0.359. The van der Waals surface area contributed by atoms with E-state index in [0.717, 1.165) is 16.7 Å². The molecule has 0 aliphatic carbocycles. The van der Waals surface area contributed by atoms with E-state index in [0.29, 0.717) is 12.0 Å². The molecule has 23 heavy (non-hydrogen) atoms. The Morgan fingerprint density at radius 3 is 1.91 bits per heavy atom. The van der Waals surface area contributed by atoms with Crippen LogP contribution in [0.3, 0.4) is 0 Å². The lowest BCUT2D eigenvalue weighted by Gasteiger charge is -2.10. The standard InChI is InChI=1S/C18H19NO3.ClH/c1-12(20)14-7-9-16(10-8-14)15-5-3-13(4-6-15)11-17(19)18(21)22-2;/h3-10,17H,11,19H2,1-2H3;1H/t17-;/m1./s1. The number of esters is 1. The lowest BCUT2D eigenvalue weighted by atomic mass is 9.99. The summed E-state index contributed by atoms with van der Waals surface area (Å²) in [7, 11) is 1.33. The lowest BCUT2D eigenvalue weighted by molar-refractivity contribution is -0.142. The number of ketones is 1. The molecule has 5 heteroatoms. The minimum atomic E-state index is -0.647. The summed E-state index contributed by atoms with van der Waals surface area (Å²) in [6, 6.07) is 14.7. The molecule has 2 rings (SSSR count). The molecule has 0 radical (unpaired) electrons. The second-order valence-electron chi connectivity index (χ2n) is 5.16. The summed E-state index contributed by atoms with van der Waals surface area (Å²) < 4.78 is 4.62. The van der Waals surface area contributed by atoms with Gasteiger partial charge in [0.15, 0.2) is 5.78 Å². The largest absolute Gasteiger partial charge is 0.468 e. The number of hydrogen-bond donors (Lipinski definition) is 1. The van der Waals surface area contributed by atoms with E-state index in [1.807, 2.05) is 48.5 Å². The van der Waals surface area contributed by atoms with Crippen molar-refractivity contribution in [3.63, 3.8) is 0 Å². The Kier molecular flexibility index (Phi) is 6.94. The van der Waals surface area contributed by atoms with Crippen molar-refractivity contribution in [1.29, 1.82) is 0 Å². The lowest BCUT2D eigenvalue weighted by Crippen LogP contribution is -2.33. The van der Waals surface area contributed by atoms with Crippen molar-refractivity contribution in [1.82, 2.24) is 0 Å². The van der Waals surface area contributed by atoms with Gasteiger partial charge in [0.1, 0.15) is 6.04 Å². The van der Waals surface area contributed by atoms with Crippen LogP contribution in [-0.2, 0) is 16.0 Å². The average Bonchev–Trinajstić information content (AvgIpc) is 2.54. The molecule has 0 amide bonds. The van der Waals surface area contributed by atoms with Gasteiger partial charge in [0.2, 0.25) is 0 Å². The van der Waals surface area contributed by atoms with E-state index in [1.165, 1.54) is 7.11 Å². The van der Waals surface area contributed by atoms with Crippen LogP contribution < -0.4 is 5.73 Å². The molecule has 2 aromatic rings. The first-order chi connectivity index (χ1) is 10.5. The maximum atomic E-state index is 11.3. The van der Waals surface area contributed by atoms with Crippen molar-refractivity contribution in [3.8, 4) is 11.1 Å². The van der Waals surface area contributed by atoms with E-state index in [2.05, 4.69) is 4.74 Å². The Morgan fingerprint density at radius 1 is 1.00 bits per heavy atom. The Labute approximate surface area is 142 Å². The number of halogens is 1. The summed E-state index contributed by atoms with van der Waals surface area (Å²) in [5, 5.41) is 0. The Morgan fingerprint density at radius 2 is 1.48 bits per heavy atom. The number of carbonyl (C=O) groups excluding carboxylic acids is 2. The molecular formula is C18H20ClNO3. The quantitative estimate of drug-likeness (QED) is 0.674. The fourth-order valence-corrected chi connectivity index (χ4v) is 2.22. The van der Waals surface area contributed by atoms with Gasteiger partial charge in [-0.3, -0.25) is 9.59 Å². The SMILES string of the molecule is COC(=O)[C@H](N)Cc1ccc(-c2ccc(C(C)=O)cc2)cc1.Cl. The van der Waals surface area contributed by atoms with Gasteiger partial charge in [-0.2, -0.15) is 0 Å². The molecule has 4 nitrogen and oxygen atoms in total. The maximum Gasteiger partial charge on any atom is 0.322 e. The van der Waals surface area contributed by atoms with Crippen molar-refractivity contribution in [3.05, 3.63) is 59.7 Å². The first-order valence-electron chi connectivity index (χ1n) is 7.05. The van der Waals surface area contributed by atoms with Gasteiger partial charge >= 0.3 is 5.97 Å². The third-order valence-electron chi connectivity index (χ3n) is 3.54. The molecular weight excluding hydrogens is 314 g/mol. The first kappa shape index (κ1) is 18.9. The van der Waals surface area contributed by atoms with Gasteiger partial charge < -0.3 is 10.5 Å². The number of hydrogen-bond acceptors (Lipinski definition) is 4. The summed E-state index contributed by atoms with van der Waals surface area (Å²) in [5.41, 5.74) is 9.50. The van der Waals surface area contributed by atoms with E-state index >= 15 is 0 Å². The van der Waals surface area contributed by atoms with Gasteiger partial charge in [-0.15, -0.1) is 12.4 Å². The average molecular weight is 334 g/mol. The molecule has 0 aliphatic rings. The molecule has 122 valence electrons. The maximum absolute atomic E-state index is 11.3. The monoisotopic (exact) mass is 333 g/mol. The first-order valence-corrected chi connectivity index (χ1v) is 7.05. The van der Waals surface area contributed by atoms with Gasteiger partial charge in [-0.05, 0) is 30.0 Å². The van der Waals surface area contributed by atoms with Gasteiger partial charge in [-0.1, -0.05) is 48.5 Å². The summed E-state index contributed by atoms with van der Waals surface area (Å²) in [4.78, 5) is 22.6. The number of Topliss-reactive ketones (excluding diaryl/α,β-unsaturated/α-hetero) is 1. The molecule has 0 aromatic heterocycles. The summed E-state index contributed by atoms with van der Waals surface area (Å²) in [6.07, 6.45) is 0.441. The van der Waals surface area contributed by atoms with Gasteiger partial charge in [0, 0.05) is 5.56 Å². The van der Waals surface area contributed by atoms with E-state index in [1.54, 1.807) is 6.92 Å². The molecule has 0 unspecified atom stereocenters. The Bertz CT molecular complexity index is 666. The van der Waals surface area contributed by atoms with Crippen LogP contribution in [0.1, 0.15) is 22.8 Å². The van der Waals surface area contributed by atoms with Crippen LogP contribution in [0, 0.1) is 0 Å². The van der Waals surface area contributed by atoms with Crippen LogP contribution in [0.15, 0.2) is 48.5 Å². The number of nitrogens with two attached hydrogens (primary N) is 1. The van der Waals surface area contributed by atoms with Crippen LogP contribution in [0.5, 0.6) is 0 Å². The van der Waals surface area contributed by atoms with Crippen LogP contribution >= 0.6 is 12.4 Å². The van der Waals surface area contributed by atoms with Crippen LogP contribution in [0.4, 0.5) is 0 Å². The predicted octanol–water partition coefficient (Wildman–Crippen LogP) is 3.02. The van der Waals surface area contributed by atoms with E-state index in [9.17, 15) is 9.59 Å². The number of ether oxygens (including phenoxy) is 1. The second kappa shape index (κ2) is 8.46. The summed E-state index contributed by atoms with van der Waals surface area (Å²) in [6.45, 7) is 1.55. The van der Waals surface area contributed by atoms with Crippen LogP contribution in [0.2, 0.25) is 0 Å². The van der Waals surface area contributed by atoms with Gasteiger partial charge in [0.25, 0.3) is 0 Å². The van der Waals surface area contributed by atoms with Crippen molar-refractivity contribution in [2.75, 3.05) is 7.11 Å². The normalized spacial score (nSPS) is 11.3. The molecule has 2 N–H and O–H groups in total. The fraction of sp³-hybridized carbons (Fsp3) is 0.222. The highest BCUT2D eigenvalue weighted by atomic mass is 35.5. The van der Waals surface area contributed by atoms with Gasteiger partial charge in [0.05, 0.1) is 7.11 Å². The number of rotatable bonds is 5. The molecule has 1 atom stereocenters. The van der Waals surface area contributed by atoms with Crippen molar-refractivity contribution in [2.24, 2.45) is 5.73 Å². The number of methoxy groups -OCH3 is 1. The minimum absolute atomic E-state index is 0. The molecule has 0 saturated carbocycles. The van der Waals surface area contributed by atoms with E-state index in [-0.39, 0.29) is 18.2 Å².